The summed E-state index contributed by atoms with van der Waals surface area (Å²) in [5.41, 5.74) is 1.95. The maximum atomic E-state index is 13.3. The van der Waals surface area contributed by atoms with Gasteiger partial charge in [-0.25, -0.2) is 0 Å². The number of benzene rings is 2. The topological polar surface area (TPSA) is 91.6 Å². The highest BCUT2D eigenvalue weighted by Crippen LogP contribution is 2.31. The Morgan fingerprint density at radius 1 is 0.971 bits per heavy atom. The van der Waals surface area contributed by atoms with Crippen LogP contribution in [0.4, 0.5) is 0 Å². The van der Waals surface area contributed by atoms with Crippen LogP contribution in [0.25, 0.3) is 21.8 Å². The van der Waals surface area contributed by atoms with Crippen LogP contribution in [0.1, 0.15) is 47.0 Å². The number of Topliss-reactive ketones (excluding diaryl/α,β-unsaturated/α-hetero) is 1. The molecule has 0 unspecified atom stereocenters. The van der Waals surface area contributed by atoms with Crippen molar-refractivity contribution in [1.82, 2.24) is 9.88 Å². The first kappa shape index (κ1) is 26.4. The van der Waals surface area contributed by atoms with Gasteiger partial charge in [0.15, 0.2) is 5.78 Å². The van der Waals surface area contributed by atoms with Gasteiger partial charge >= 0.3 is 7.12 Å². The predicted octanol–water partition coefficient (Wildman–Crippen LogP) is 4.72. The van der Waals surface area contributed by atoms with E-state index in [2.05, 4.69) is 27.3 Å². The number of hydrogen-bond donors (Lipinski definition) is 3. The molecule has 0 saturated carbocycles. The zero-order chi connectivity index (χ0) is 25.0. The van der Waals surface area contributed by atoms with E-state index in [1.54, 1.807) is 0 Å². The summed E-state index contributed by atoms with van der Waals surface area (Å²) in [5, 5.41) is 24.4. The van der Waals surface area contributed by atoms with E-state index in [1.165, 1.54) is 0 Å². The quantitative estimate of drug-likeness (QED) is 0.314. The fourth-order valence-corrected chi connectivity index (χ4v) is 4.97. The number of para-hydroxylation sites is 1. The molecule has 3 aromatic rings. The van der Waals surface area contributed by atoms with E-state index < -0.39 is 19.0 Å². The lowest BCUT2D eigenvalue weighted by molar-refractivity contribution is -0.130. The summed E-state index contributed by atoms with van der Waals surface area (Å²) in [5.74, 6) is -1.21. The molecule has 1 aromatic heterocycles. The molecule has 2 atom stereocenters. The second kappa shape index (κ2) is 11.5. The molecule has 0 spiro atoms. The number of amides is 1. The van der Waals surface area contributed by atoms with Gasteiger partial charge in [0, 0.05) is 33.1 Å². The van der Waals surface area contributed by atoms with E-state index in [0.717, 1.165) is 26.3 Å². The van der Waals surface area contributed by atoms with E-state index in [-0.39, 0.29) is 36.5 Å². The molecule has 1 heterocycles. The van der Waals surface area contributed by atoms with Gasteiger partial charge in [-0.15, -0.1) is 0 Å². The molecule has 182 valence electrons. The van der Waals surface area contributed by atoms with Crippen LogP contribution >= 0.6 is 15.9 Å². The van der Waals surface area contributed by atoms with Gasteiger partial charge in [-0.05, 0) is 42.9 Å². The average molecular weight is 529 g/mol. The number of ketones is 1. The summed E-state index contributed by atoms with van der Waals surface area (Å²) >= 11 is 3.54. The van der Waals surface area contributed by atoms with E-state index in [1.807, 2.05) is 68.7 Å². The highest BCUT2D eigenvalue weighted by Gasteiger charge is 2.30. The Morgan fingerprint density at radius 2 is 1.62 bits per heavy atom. The predicted molar refractivity (Wildman–Crippen MR) is 141 cm³/mol. The molecule has 0 aliphatic heterocycles. The standard InChI is InChI=1S/C26H34BBrN2O4/c1-16(2)11-18(26(32)29-25(27(33)34)12-17(3)4)13-20(31)15-30-23-8-6-5-7-21(23)22-10-9-19(28)14-24(22)30/h5-10,14,16-18,25,33-34H,11-13,15H2,1-4H3,(H,29,32)/t18-,25+/m1/s1. The van der Waals surface area contributed by atoms with Gasteiger partial charge in [-0.3, -0.25) is 9.59 Å². The zero-order valence-electron chi connectivity index (χ0n) is 20.3. The lowest BCUT2D eigenvalue weighted by atomic mass is 9.74. The molecule has 6 nitrogen and oxygen atoms in total. The minimum absolute atomic E-state index is 0.0339. The van der Waals surface area contributed by atoms with Gasteiger partial charge in [-0.1, -0.05) is 67.9 Å². The van der Waals surface area contributed by atoms with Crippen LogP contribution in [0.2, 0.25) is 0 Å². The molecule has 1 amide bonds. The number of carbonyl (C=O) groups is 2. The molecule has 0 saturated heterocycles. The second-order valence-electron chi connectivity index (χ2n) is 9.99. The highest BCUT2D eigenvalue weighted by molar-refractivity contribution is 9.10. The Morgan fingerprint density at radius 3 is 2.26 bits per heavy atom. The maximum absolute atomic E-state index is 13.3. The largest absolute Gasteiger partial charge is 0.475 e. The Labute approximate surface area is 210 Å². The third kappa shape index (κ3) is 6.49. The number of nitrogens with one attached hydrogen (secondary N) is 1. The number of carbonyl (C=O) groups excluding carboxylic acids is 2. The Hall–Kier alpha value is -2.16. The average Bonchev–Trinajstić information content (AvgIpc) is 3.05. The molecule has 2 aromatic carbocycles. The molecular weight excluding hydrogens is 495 g/mol. The van der Waals surface area contributed by atoms with Crippen LogP contribution in [0.15, 0.2) is 46.9 Å². The second-order valence-corrected chi connectivity index (χ2v) is 10.9. The van der Waals surface area contributed by atoms with Gasteiger partial charge in [0.25, 0.3) is 0 Å². The maximum Gasteiger partial charge on any atom is 0.475 e. The smallest absolute Gasteiger partial charge is 0.426 e. The minimum atomic E-state index is -1.64. The van der Waals surface area contributed by atoms with E-state index in [9.17, 15) is 19.6 Å². The number of nitrogens with zero attached hydrogens (tertiary/aromatic N) is 1. The lowest BCUT2D eigenvalue weighted by Crippen LogP contribution is -2.49. The minimum Gasteiger partial charge on any atom is -0.426 e. The van der Waals surface area contributed by atoms with Gasteiger partial charge in [0.05, 0.1) is 18.0 Å². The molecule has 3 rings (SSSR count). The number of hydrogen-bond acceptors (Lipinski definition) is 4. The number of aromatic nitrogens is 1. The molecule has 0 radical (unpaired) electrons. The van der Waals surface area contributed by atoms with Crippen molar-refractivity contribution < 1.29 is 19.6 Å². The molecule has 8 heteroatoms. The monoisotopic (exact) mass is 528 g/mol. The highest BCUT2D eigenvalue weighted by atomic mass is 79.9. The number of fused-ring (bicyclic) bond motifs is 3. The fraction of sp³-hybridized carbons (Fsp3) is 0.462. The van der Waals surface area contributed by atoms with Crippen molar-refractivity contribution in [2.75, 3.05) is 0 Å². The molecule has 0 aliphatic rings. The van der Waals surface area contributed by atoms with Crippen molar-refractivity contribution in [3.8, 4) is 0 Å². The van der Waals surface area contributed by atoms with Crippen molar-refractivity contribution in [2.45, 2.75) is 59.4 Å². The molecule has 0 aliphatic carbocycles. The third-order valence-corrected chi connectivity index (χ3v) is 6.58. The van der Waals surface area contributed by atoms with Crippen LogP contribution in [0.3, 0.4) is 0 Å². The summed E-state index contributed by atoms with van der Waals surface area (Å²) in [6.45, 7) is 8.12. The molecule has 0 fully saturated rings. The van der Waals surface area contributed by atoms with Crippen molar-refractivity contribution >= 4 is 56.5 Å². The first-order valence-electron chi connectivity index (χ1n) is 11.9. The normalized spacial score (nSPS) is 13.6. The van der Waals surface area contributed by atoms with E-state index >= 15 is 0 Å². The van der Waals surface area contributed by atoms with E-state index in [4.69, 9.17) is 0 Å². The Kier molecular flexibility index (Phi) is 8.96. The van der Waals surface area contributed by atoms with Crippen molar-refractivity contribution in [1.29, 1.82) is 0 Å². The molecule has 0 bridgehead atoms. The Balaban J connectivity index is 1.83. The van der Waals surface area contributed by atoms with Gasteiger partial charge in [0.1, 0.15) is 0 Å². The van der Waals surface area contributed by atoms with Crippen LogP contribution < -0.4 is 5.32 Å². The van der Waals surface area contributed by atoms with Crippen LogP contribution in [0.5, 0.6) is 0 Å². The molecule has 34 heavy (non-hydrogen) atoms. The summed E-state index contributed by atoms with van der Waals surface area (Å²) in [4.78, 5) is 26.3. The van der Waals surface area contributed by atoms with Gasteiger partial charge in [-0.2, -0.15) is 0 Å². The van der Waals surface area contributed by atoms with Crippen molar-refractivity contribution in [3.63, 3.8) is 0 Å². The zero-order valence-corrected chi connectivity index (χ0v) is 21.9. The number of halogens is 1. The summed E-state index contributed by atoms with van der Waals surface area (Å²) in [7, 11) is -1.64. The van der Waals surface area contributed by atoms with Crippen LogP contribution in [-0.2, 0) is 16.1 Å². The first-order valence-corrected chi connectivity index (χ1v) is 12.7. The van der Waals surface area contributed by atoms with Gasteiger partial charge in [0.2, 0.25) is 5.91 Å². The van der Waals surface area contributed by atoms with Gasteiger partial charge < -0.3 is 19.9 Å². The molecule has 3 N–H and O–H groups in total. The fourth-order valence-electron chi connectivity index (χ4n) is 4.62. The lowest BCUT2D eigenvalue weighted by Gasteiger charge is -2.24. The van der Waals surface area contributed by atoms with Crippen molar-refractivity contribution in [2.24, 2.45) is 17.8 Å². The first-order chi connectivity index (χ1) is 16.1. The van der Waals surface area contributed by atoms with E-state index in [0.29, 0.717) is 12.8 Å². The summed E-state index contributed by atoms with van der Waals surface area (Å²) in [6, 6.07) is 14.1. The van der Waals surface area contributed by atoms with Crippen LogP contribution in [-0.4, -0.2) is 39.4 Å². The van der Waals surface area contributed by atoms with Crippen LogP contribution in [0, 0.1) is 17.8 Å². The SMILES string of the molecule is CC(C)C[C@H](CC(=O)Cn1c2ccccc2c2ccc(Br)cc21)C(=O)N[C@@H](CC(C)C)B(O)O. The summed E-state index contributed by atoms with van der Waals surface area (Å²) in [6.07, 6.45) is 1.09. The third-order valence-electron chi connectivity index (χ3n) is 6.08. The Bertz CT molecular complexity index is 1160. The molecular formula is C26H34BBrN2O4. The summed E-state index contributed by atoms with van der Waals surface area (Å²) < 4.78 is 2.95. The number of rotatable bonds is 11. The van der Waals surface area contributed by atoms with Crippen molar-refractivity contribution in [3.05, 3.63) is 46.9 Å².